The molecule has 2 nitrogen and oxygen atoms in total. The molecule has 4 heteroatoms. The number of nitrogens with zero attached hydrogens (tertiary/aromatic N) is 1. The first-order chi connectivity index (χ1) is 6.91. The standard InChI is InChI=1S/C11H17ClN2Si/c1-6-4-11(10(13)5-9(6)12)14-7(2)8(3)15/h4-5,8H,13H2,1-3,15H3. The van der Waals surface area contributed by atoms with Crippen LogP contribution >= 0.6 is 11.6 Å². The Balaban J connectivity index is 3.16. The van der Waals surface area contributed by atoms with Crippen molar-refractivity contribution in [3.8, 4) is 0 Å². The van der Waals surface area contributed by atoms with Gasteiger partial charge in [0, 0.05) is 21.0 Å². The molecule has 0 fully saturated rings. The van der Waals surface area contributed by atoms with Gasteiger partial charge in [0.25, 0.3) is 0 Å². The summed E-state index contributed by atoms with van der Waals surface area (Å²) in [4.78, 5) is 4.53. The zero-order chi connectivity index (χ0) is 11.6. The number of benzene rings is 1. The second kappa shape index (κ2) is 4.81. The highest BCUT2D eigenvalue weighted by Gasteiger charge is 2.04. The van der Waals surface area contributed by atoms with Gasteiger partial charge in [0.1, 0.15) is 0 Å². The van der Waals surface area contributed by atoms with E-state index < -0.39 is 0 Å². The van der Waals surface area contributed by atoms with E-state index in [1.54, 1.807) is 6.07 Å². The van der Waals surface area contributed by atoms with Crippen LogP contribution in [0, 0.1) is 6.92 Å². The maximum Gasteiger partial charge on any atom is 0.0861 e. The summed E-state index contributed by atoms with van der Waals surface area (Å²) in [5.74, 6) is 0. The highest BCUT2D eigenvalue weighted by Crippen LogP contribution is 2.29. The quantitative estimate of drug-likeness (QED) is 0.482. The maximum atomic E-state index is 5.96. The van der Waals surface area contributed by atoms with E-state index >= 15 is 0 Å². The molecule has 0 saturated heterocycles. The minimum atomic E-state index is 0.570. The summed E-state index contributed by atoms with van der Waals surface area (Å²) in [6.07, 6.45) is 0. The van der Waals surface area contributed by atoms with Crippen LogP contribution in [0.25, 0.3) is 0 Å². The second-order valence-electron chi connectivity index (χ2n) is 4.07. The number of nitrogen functional groups attached to an aromatic ring is 1. The average molecular weight is 241 g/mol. The van der Waals surface area contributed by atoms with Crippen molar-refractivity contribution < 1.29 is 0 Å². The van der Waals surface area contributed by atoms with Gasteiger partial charge in [-0.25, -0.2) is 0 Å². The first-order valence-corrected chi connectivity index (χ1v) is 6.56. The topological polar surface area (TPSA) is 38.4 Å². The van der Waals surface area contributed by atoms with Gasteiger partial charge in [-0.2, -0.15) is 0 Å². The summed E-state index contributed by atoms with van der Waals surface area (Å²) in [6, 6.07) is 3.70. The summed E-state index contributed by atoms with van der Waals surface area (Å²) in [7, 11) is 1.11. The van der Waals surface area contributed by atoms with Crippen LogP contribution in [0.1, 0.15) is 19.4 Å². The van der Waals surface area contributed by atoms with E-state index in [0.717, 1.165) is 27.2 Å². The first kappa shape index (κ1) is 12.3. The number of rotatable bonds is 2. The molecule has 1 rings (SSSR count). The molecule has 0 aliphatic rings. The number of nitrogens with two attached hydrogens (primary N) is 1. The third kappa shape index (κ3) is 3.07. The van der Waals surface area contributed by atoms with Crippen molar-refractivity contribution in [2.24, 2.45) is 4.99 Å². The van der Waals surface area contributed by atoms with Crippen molar-refractivity contribution >= 4 is 38.9 Å². The van der Waals surface area contributed by atoms with Crippen LogP contribution in [0.5, 0.6) is 0 Å². The fourth-order valence-electron chi connectivity index (χ4n) is 1.10. The first-order valence-electron chi connectivity index (χ1n) is 5.02. The van der Waals surface area contributed by atoms with E-state index in [-0.39, 0.29) is 0 Å². The molecule has 1 unspecified atom stereocenters. The van der Waals surface area contributed by atoms with Crippen LogP contribution < -0.4 is 5.73 Å². The zero-order valence-corrected chi connectivity index (χ0v) is 12.4. The Hall–Kier alpha value is -0.803. The number of halogens is 1. The molecule has 1 aromatic carbocycles. The average Bonchev–Trinajstić information content (AvgIpc) is 2.13. The molecule has 0 heterocycles. The Labute approximate surface area is 99.0 Å². The molecule has 0 aliphatic carbocycles. The monoisotopic (exact) mass is 240 g/mol. The van der Waals surface area contributed by atoms with Crippen molar-refractivity contribution in [2.75, 3.05) is 5.73 Å². The molecule has 0 aromatic heterocycles. The van der Waals surface area contributed by atoms with Gasteiger partial charge in [-0.1, -0.05) is 18.5 Å². The highest BCUT2D eigenvalue weighted by molar-refractivity contribution is 6.31. The summed E-state index contributed by atoms with van der Waals surface area (Å²) in [6.45, 7) is 6.17. The molecule has 0 bridgehead atoms. The Morgan fingerprint density at radius 3 is 2.67 bits per heavy atom. The lowest BCUT2D eigenvalue weighted by molar-refractivity contribution is 1.24. The molecule has 1 aromatic rings. The van der Waals surface area contributed by atoms with Crippen LogP contribution in [-0.4, -0.2) is 16.0 Å². The van der Waals surface area contributed by atoms with Gasteiger partial charge in [0.15, 0.2) is 0 Å². The Morgan fingerprint density at radius 1 is 1.53 bits per heavy atom. The fraction of sp³-hybridized carbons (Fsp3) is 0.364. The Kier molecular flexibility index (Phi) is 3.94. The third-order valence-electron chi connectivity index (χ3n) is 2.44. The smallest absolute Gasteiger partial charge is 0.0861 e. The van der Waals surface area contributed by atoms with Crippen molar-refractivity contribution in [3.05, 3.63) is 22.7 Å². The van der Waals surface area contributed by atoms with Gasteiger partial charge in [-0.3, -0.25) is 4.99 Å². The van der Waals surface area contributed by atoms with Crippen molar-refractivity contribution in [1.29, 1.82) is 0 Å². The summed E-state index contributed by atoms with van der Waals surface area (Å²) in [5, 5.41) is 0.697. The van der Waals surface area contributed by atoms with Crippen LogP contribution in [0.3, 0.4) is 0 Å². The van der Waals surface area contributed by atoms with Gasteiger partial charge in [0.2, 0.25) is 0 Å². The predicted molar refractivity (Wildman–Crippen MR) is 72.7 cm³/mol. The van der Waals surface area contributed by atoms with E-state index in [4.69, 9.17) is 17.3 Å². The highest BCUT2D eigenvalue weighted by atomic mass is 35.5. The second-order valence-corrected chi connectivity index (χ2v) is 6.21. The minimum Gasteiger partial charge on any atom is -0.397 e. The van der Waals surface area contributed by atoms with Crippen LogP contribution in [0.15, 0.2) is 17.1 Å². The van der Waals surface area contributed by atoms with E-state index in [1.807, 2.05) is 19.9 Å². The lowest BCUT2D eigenvalue weighted by Gasteiger charge is -2.08. The molecule has 0 saturated carbocycles. The molecule has 2 N–H and O–H groups in total. The van der Waals surface area contributed by atoms with Crippen LogP contribution in [0.2, 0.25) is 10.6 Å². The summed E-state index contributed by atoms with van der Waals surface area (Å²) in [5.41, 5.74) is 10.1. The molecule has 0 radical (unpaired) electrons. The molecule has 1 atom stereocenters. The molecule has 0 amide bonds. The molecular weight excluding hydrogens is 224 g/mol. The van der Waals surface area contributed by atoms with Gasteiger partial charge < -0.3 is 5.73 Å². The zero-order valence-electron chi connectivity index (χ0n) is 9.63. The van der Waals surface area contributed by atoms with Gasteiger partial charge >= 0.3 is 0 Å². The number of aryl methyl sites for hydroxylation is 1. The van der Waals surface area contributed by atoms with E-state index in [2.05, 4.69) is 11.9 Å². The van der Waals surface area contributed by atoms with Crippen LogP contribution in [-0.2, 0) is 0 Å². The minimum absolute atomic E-state index is 0.570. The molecule has 15 heavy (non-hydrogen) atoms. The predicted octanol–water partition coefficient (Wildman–Crippen LogP) is 2.50. The van der Waals surface area contributed by atoms with Crippen molar-refractivity contribution in [3.63, 3.8) is 0 Å². The van der Waals surface area contributed by atoms with Crippen LogP contribution in [0.4, 0.5) is 11.4 Å². The lowest BCUT2D eigenvalue weighted by Crippen LogP contribution is -1.99. The fourth-order valence-corrected chi connectivity index (χ4v) is 1.40. The van der Waals surface area contributed by atoms with Gasteiger partial charge in [0.05, 0.1) is 11.4 Å². The molecule has 0 spiro atoms. The number of aliphatic imine (C=N–C) groups is 1. The van der Waals surface area contributed by atoms with Crippen molar-refractivity contribution in [2.45, 2.75) is 26.3 Å². The normalized spacial score (nSPS) is 14.3. The van der Waals surface area contributed by atoms with E-state index in [1.165, 1.54) is 0 Å². The van der Waals surface area contributed by atoms with Gasteiger partial charge in [-0.05, 0) is 37.1 Å². The van der Waals surface area contributed by atoms with Gasteiger partial charge in [-0.15, -0.1) is 0 Å². The Bertz CT molecular complexity index is 400. The number of anilines is 1. The SMILES string of the molecule is CC(=Nc1cc(C)c(Cl)cc1N)C(C)[SiH3]. The summed E-state index contributed by atoms with van der Waals surface area (Å²) < 4.78 is 0. The van der Waals surface area contributed by atoms with E-state index in [9.17, 15) is 0 Å². The summed E-state index contributed by atoms with van der Waals surface area (Å²) >= 11 is 5.96. The number of hydrogen-bond acceptors (Lipinski definition) is 2. The van der Waals surface area contributed by atoms with E-state index in [0.29, 0.717) is 16.3 Å². The molecule has 0 aliphatic heterocycles. The Morgan fingerprint density at radius 2 is 2.13 bits per heavy atom. The number of hydrogen-bond donors (Lipinski definition) is 1. The maximum absolute atomic E-state index is 5.96. The third-order valence-corrected chi connectivity index (χ3v) is 3.68. The molecular formula is C11H17ClN2Si. The van der Waals surface area contributed by atoms with Crippen molar-refractivity contribution in [1.82, 2.24) is 0 Å². The molecule has 82 valence electrons. The largest absolute Gasteiger partial charge is 0.397 e. The lowest BCUT2D eigenvalue weighted by atomic mass is 10.2.